The Balaban J connectivity index is 0.000000208. The highest BCUT2D eigenvalue weighted by molar-refractivity contribution is 5.87. The van der Waals surface area contributed by atoms with Gasteiger partial charge in [0.1, 0.15) is 0 Å². The number of piperidine rings is 2. The predicted molar refractivity (Wildman–Crippen MR) is 257 cm³/mol. The molecule has 11 nitrogen and oxygen atoms in total. The fraction of sp³-hybridized carbons (Fsp3) is 0.654. The molecule has 2 saturated heterocycles. The second kappa shape index (κ2) is 21.3. The van der Waals surface area contributed by atoms with E-state index in [4.69, 9.17) is 10.8 Å². The van der Waals surface area contributed by atoms with Crippen molar-refractivity contribution < 1.29 is 51.3 Å². The number of carbonyl (C=O) groups excluding carboxylic acids is 1. The largest absolute Gasteiger partial charge is 0.481 e. The number of carboxylic acids is 1. The molecule has 4 aromatic rings. The number of hydrogen-bond donors (Lipinski definition) is 7. The normalized spacial score (nSPS) is 24.1. The molecule has 0 saturated carbocycles. The van der Waals surface area contributed by atoms with Crippen LogP contribution in [0.25, 0.3) is 21.8 Å². The summed E-state index contributed by atoms with van der Waals surface area (Å²) < 4.78 is 79.8. The van der Waals surface area contributed by atoms with Gasteiger partial charge in [0.05, 0.1) is 29.8 Å². The smallest absolute Gasteiger partial charge is 0.416 e. The highest BCUT2D eigenvalue weighted by Crippen LogP contribution is 2.49. The number of benzene rings is 2. The van der Waals surface area contributed by atoms with Gasteiger partial charge in [-0.1, -0.05) is 27.7 Å². The highest BCUT2D eigenvalue weighted by atomic mass is 19.4. The molecule has 4 aliphatic rings. The molecule has 2 fully saturated rings. The first-order chi connectivity index (χ1) is 32.1. The third-order valence-corrected chi connectivity index (χ3v) is 15.6. The summed E-state index contributed by atoms with van der Waals surface area (Å²) in [7, 11) is 0. The molecule has 2 aromatic carbocycles. The Hall–Kier alpha value is -4.16. The Morgan fingerprint density at radius 2 is 1.13 bits per heavy atom. The van der Waals surface area contributed by atoms with Gasteiger partial charge in [0.15, 0.2) is 0 Å². The maximum Gasteiger partial charge on any atom is 0.416 e. The molecule has 2 aromatic heterocycles. The van der Waals surface area contributed by atoms with Crippen LogP contribution < -0.4 is 11.1 Å². The van der Waals surface area contributed by atoms with Gasteiger partial charge in [-0.25, -0.2) is 0 Å². The minimum atomic E-state index is -4.35. The van der Waals surface area contributed by atoms with Gasteiger partial charge in [0, 0.05) is 63.8 Å². The van der Waals surface area contributed by atoms with Crippen molar-refractivity contribution in [1.82, 2.24) is 25.1 Å². The third-order valence-electron chi connectivity index (χ3n) is 15.6. The summed E-state index contributed by atoms with van der Waals surface area (Å²) in [4.78, 5) is 35.5. The zero-order valence-corrected chi connectivity index (χ0v) is 41.4. The van der Waals surface area contributed by atoms with Crippen LogP contribution in [0.15, 0.2) is 36.4 Å². The Morgan fingerprint density at radius 3 is 1.49 bits per heavy atom. The summed E-state index contributed by atoms with van der Waals surface area (Å²) >= 11 is 0. The zero-order chi connectivity index (χ0) is 51.0. The molecule has 0 unspecified atom stereocenters. The van der Waals surface area contributed by atoms with E-state index in [-0.39, 0.29) is 43.0 Å². The number of amides is 1. The van der Waals surface area contributed by atoms with E-state index in [9.17, 15) is 46.1 Å². The average Bonchev–Trinajstić information content (AvgIpc) is 3.85. The Morgan fingerprint density at radius 1 is 0.725 bits per heavy atom. The standard InChI is InChI=1S/C26H36F3N3O2.C23H29F3N2O2.C3H9NO/c1-15(14-33)30-24(34)25(3,4)8-10-32-9-7-17-11-22-23(16(2)20(17)13-32)19-12-18(26(27,28)29)5-6-21(19)31-22;1-13-17-12-28(9-7-22(2,3)21(29)30)8-6-14(17)10-19-20(13)16-11-15(23(24,25)26)4-5-18(16)27-19;1-3(4)2-5/h5-6,12,15-17,20,31,33H,7-11,13-14H2,1-4H3,(H,30,34);4-5,11,13-14,17,27H,6-10,12H2,1-3H3,(H,29,30);3,5H,2,4H2,1H3/t15-,16-,17-,20-;13-,14-,17-;3-/m111/s1. The SMILES string of the molecule is C[C@@H](N)CO.C[C@H](CO)NC(=O)C(C)(C)CCN1CC[C@@H]2Cc3[nH]c4ccc(C(F)(F)F)cc4c3[C@H](C)[C@H]2C1.C[C@H]1c2c([nH]c3ccc(C(F)(F)F)cc23)C[C@H]2CCN(CCC(C)(C)C(=O)O)C[C@@H]21. The van der Waals surface area contributed by atoms with Gasteiger partial charge in [-0.2, -0.15) is 26.3 Å². The van der Waals surface area contributed by atoms with Gasteiger partial charge in [-0.3, -0.25) is 9.59 Å². The molecule has 8 atom stereocenters. The number of aromatic amines is 2. The van der Waals surface area contributed by atoms with Crippen molar-refractivity contribution in [1.29, 1.82) is 0 Å². The van der Waals surface area contributed by atoms with Crippen LogP contribution >= 0.6 is 0 Å². The minimum absolute atomic E-state index is 0.0566. The molecule has 8 N–H and O–H groups in total. The van der Waals surface area contributed by atoms with E-state index >= 15 is 0 Å². The van der Waals surface area contributed by atoms with Crippen LogP contribution in [0.5, 0.6) is 0 Å². The molecule has 8 rings (SSSR count). The monoisotopic (exact) mass is 977 g/mol. The van der Waals surface area contributed by atoms with E-state index < -0.39 is 40.3 Å². The van der Waals surface area contributed by atoms with E-state index in [1.807, 2.05) is 13.8 Å². The van der Waals surface area contributed by atoms with Gasteiger partial charge in [0.25, 0.3) is 0 Å². The summed E-state index contributed by atoms with van der Waals surface area (Å²) in [5.41, 5.74) is 8.34. The molecule has 69 heavy (non-hydrogen) atoms. The molecule has 384 valence electrons. The van der Waals surface area contributed by atoms with E-state index in [0.717, 1.165) is 111 Å². The quantitative estimate of drug-likeness (QED) is 0.0730. The van der Waals surface area contributed by atoms with Crippen LogP contribution in [0.2, 0.25) is 0 Å². The number of aliphatic hydroxyl groups excluding tert-OH is 2. The highest BCUT2D eigenvalue weighted by Gasteiger charge is 2.43. The fourth-order valence-electron chi connectivity index (χ4n) is 11.0. The van der Waals surface area contributed by atoms with Crippen LogP contribution in [0, 0.1) is 34.5 Å². The lowest BCUT2D eigenvalue weighted by atomic mass is 9.68. The number of hydrogen-bond acceptors (Lipinski definition) is 7. The number of likely N-dealkylation sites (tertiary alicyclic amines) is 2. The number of fused-ring (bicyclic) bond motifs is 8. The van der Waals surface area contributed by atoms with Crippen molar-refractivity contribution in [3.05, 3.63) is 70.0 Å². The van der Waals surface area contributed by atoms with Gasteiger partial charge < -0.3 is 46.1 Å². The number of carboxylic acid groups (broad SMARTS) is 1. The summed E-state index contributed by atoms with van der Waals surface area (Å²) in [5, 5.41) is 30.8. The lowest BCUT2D eigenvalue weighted by molar-refractivity contribution is -0.147. The maximum atomic E-state index is 13.3. The number of aliphatic carboxylic acids is 1. The summed E-state index contributed by atoms with van der Waals surface area (Å²) in [6.07, 6.45) is -3.59. The summed E-state index contributed by atoms with van der Waals surface area (Å²) in [6, 6.07) is 7.67. The van der Waals surface area contributed by atoms with Crippen molar-refractivity contribution >= 4 is 33.7 Å². The molecule has 0 radical (unpaired) electrons. The van der Waals surface area contributed by atoms with Crippen molar-refractivity contribution in [2.75, 3.05) is 52.5 Å². The minimum Gasteiger partial charge on any atom is -0.481 e. The van der Waals surface area contributed by atoms with Gasteiger partial charge in [-0.15, -0.1) is 0 Å². The number of alkyl halides is 6. The Labute approximate surface area is 402 Å². The molecule has 0 spiro atoms. The lowest BCUT2D eigenvalue weighted by Gasteiger charge is -2.45. The topological polar surface area (TPSA) is 171 Å². The maximum absolute atomic E-state index is 13.3. The number of nitrogens with two attached hydrogens (primary N) is 1. The molecular formula is C52H74F6N6O5. The first-order valence-corrected chi connectivity index (χ1v) is 24.5. The van der Waals surface area contributed by atoms with Crippen molar-refractivity contribution in [3.8, 4) is 0 Å². The second-order valence-electron chi connectivity index (χ2n) is 21.9. The molecule has 4 heterocycles. The number of aliphatic hydroxyl groups is 2. The number of nitrogens with one attached hydrogen (secondary N) is 3. The van der Waals surface area contributed by atoms with Gasteiger partial charge in [0.2, 0.25) is 5.91 Å². The number of aromatic nitrogens is 2. The molecular weight excluding hydrogens is 903 g/mol. The fourth-order valence-corrected chi connectivity index (χ4v) is 11.0. The van der Waals surface area contributed by atoms with Gasteiger partial charge in [-0.05, 0) is 175 Å². The van der Waals surface area contributed by atoms with Crippen LogP contribution in [0.4, 0.5) is 26.3 Å². The van der Waals surface area contributed by atoms with Crippen LogP contribution in [-0.4, -0.2) is 112 Å². The van der Waals surface area contributed by atoms with Crippen LogP contribution in [0.1, 0.15) is 127 Å². The Kier molecular flexibility index (Phi) is 16.7. The van der Waals surface area contributed by atoms with Crippen molar-refractivity contribution in [2.45, 2.75) is 130 Å². The van der Waals surface area contributed by atoms with Crippen molar-refractivity contribution in [2.24, 2.45) is 40.2 Å². The van der Waals surface area contributed by atoms with Gasteiger partial charge >= 0.3 is 18.3 Å². The number of carbonyl (C=O) groups is 2. The molecule has 2 aliphatic carbocycles. The zero-order valence-electron chi connectivity index (χ0n) is 41.4. The lowest BCUT2D eigenvalue weighted by Crippen LogP contribution is -2.48. The van der Waals surface area contributed by atoms with Crippen LogP contribution in [-0.2, 0) is 34.8 Å². The number of H-pyrrole nitrogens is 2. The number of rotatable bonds is 11. The summed E-state index contributed by atoms with van der Waals surface area (Å²) in [5.74, 6) is 1.24. The summed E-state index contributed by atoms with van der Waals surface area (Å²) in [6.45, 7) is 20.4. The van der Waals surface area contributed by atoms with E-state index in [1.54, 1.807) is 39.8 Å². The van der Waals surface area contributed by atoms with Crippen LogP contribution in [0.3, 0.4) is 0 Å². The number of nitrogens with zero attached hydrogens (tertiary/aromatic N) is 2. The second-order valence-corrected chi connectivity index (χ2v) is 21.9. The van der Waals surface area contributed by atoms with E-state index in [1.165, 1.54) is 12.1 Å². The van der Waals surface area contributed by atoms with Crippen molar-refractivity contribution in [3.63, 3.8) is 0 Å². The first kappa shape index (κ1) is 54.2. The average molecular weight is 977 g/mol. The molecule has 17 heteroatoms. The first-order valence-electron chi connectivity index (χ1n) is 24.5. The Bertz CT molecular complexity index is 2410. The van der Waals surface area contributed by atoms with E-state index in [0.29, 0.717) is 47.3 Å². The third kappa shape index (κ3) is 12.5. The molecule has 0 bridgehead atoms. The number of halogens is 6. The molecule has 2 aliphatic heterocycles. The predicted octanol–water partition coefficient (Wildman–Crippen LogP) is 9.31. The molecule has 1 amide bonds. The van der Waals surface area contributed by atoms with E-state index in [2.05, 4.69) is 38.9 Å².